The summed E-state index contributed by atoms with van der Waals surface area (Å²) in [7, 11) is 0. The largest absolute Gasteiger partial charge is 0.291 e. The highest BCUT2D eigenvalue weighted by Crippen LogP contribution is 2.31. The summed E-state index contributed by atoms with van der Waals surface area (Å²) >= 11 is 0. The van der Waals surface area contributed by atoms with Gasteiger partial charge in [0.2, 0.25) is 5.91 Å². The topological polar surface area (TPSA) is 40.6 Å². The Kier molecular flexibility index (Phi) is 3.81. The molecular formula is C17H22N2O2. The lowest BCUT2D eigenvalue weighted by Crippen LogP contribution is -2.46. The first-order valence-corrected chi connectivity index (χ1v) is 7.78. The Morgan fingerprint density at radius 3 is 2.19 bits per heavy atom. The second kappa shape index (κ2) is 5.60. The normalized spacial score (nSPS) is 27.4. The van der Waals surface area contributed by atoms with E-state index in [4.69, 9.17) is 0 Å². The molecule has 2 saturated heterocycles. The van der Waals surface area contributed by atoms with Gasteiger partial charge in [0.1, 0.15) is 6.04 Å². The molecule has 4 heteroatoms. The van der Waals surface area contributed by atoms with E-state index >= 15 is 0 Å². The van der Waals surface area contributed by atoms with E-state index in [1.165, 1.54) is 11.3 Å². The van der Waals surface area contributed by atoms with Crippen LogP contribution < -0.4 is 4.90 Å². The molecule has 2 amide bonds. The van der Waals surface area contributed by atoms with Crippen LogP contribution in [0.15, 0.2) is 24.3 Å². The van der Waals surface area contributed by atoms with E-state index < -0.39 is 0 Å². The number of rotatable bonds is 2. The van der Waals surface area contributed by atoms with Crippen LogP contribution in [0.4, 0.5) is 5.69 Å². The molecule has 1 aromatic rings. The maximum atomic E-state index is 12.8. The van der Waals surface area contributed by atoms with Crippen LogP contribution in [0.1, 0.15) is 31.7 Å². The Morgan fingerprint density at radius 1 is 0.952 bits per heavy atom. The van der Waals surface area contributed by atoms with Gasteiger partial charge in [-0.05, 0) is 45.0 Å². The third kappa shape index (κ3) is 2.48. The number of anilines is 1. The van der Waals surface area contributed by atoms with Crippen LogP contribution >= 0.6 is 0 Å². The van der Waals surface area contributed by atoms with Gasteiger partial charge in [0.15, 0.2) is 0 Å². The van der Waals surface area contributed by atoms with E-state index in [0.29, 0.717) is 5.69 Å². The van der Waals surface area contributed by atoms with Gasteiger partial charge < -0.3 is 0 Å². The molecule has 112 valence electrons. The minimum atomic E-state index is -0.279. The van der Waals surface area contributed by atoms with E-state index in [1.54, 1.807) is 0 Å². The number of hydrogen-bond donors (Lipinski definition) is 0. The first kappa shape index (κ1) is 14.3. The Balaban J connectivity index is 1.87. The average molecular weight is 286 g/mol. The Hall–Kier alpha value is -1.68. The van der Waals surface area contributed by atoms with Gasteiger partial charge in [0.25, 0.3) is 5.91 Å². The van der Waals surface area contributed by atoms with Crippen LogP contribution in [-0.4, -0.2) is 35.8 Å². The molecule has 2 atom stereocenters. The fourth-order valence-corrected chi connectivity index (χ4v) is 3.41. The van der Waals surface area contributed by atoms with E-state index in [2.05, 4.69) is 4.90 Å². The highest BCUT2D eigenvalue weighted by atomic mass is 16.2. The first-order valence-electron chi connectivity index (χ1n) is 7.78. The number of hydrogen-bond acceptors (Lipinski definition) is 3. The number of carbonyl (C=O) groups is 2. The Labute approximate surface area is 125 Å². The summed E-state index contributed by atoms with van der Waals surface area (Å²) in [5.74, 6) is -0.380. The van der Waals surface area contributed by atoms with Crippen molar-refractivity contribution in [1.29, 1.82) is 0 Å². The predicted molar refractivity (Wildman–Crippen MR) is 82.0 cm³/mol. The third-order valence-corrected chi connectivity index (χ3v) is 4.63. The molecule has 2 aliphatic heterocycles. The monoisotopic (exact) mass is 286 g/mol. The maximum absolute atomic E-state index is 12.8. The molecule has 2 aliphatic rings. The molecule has 2 fully saturated rings. The van der Waals surface area contributed by atoms with Crippen LogP contribution in [0, 0.1) is 12.8 Å². The molecule has 21 heavy (non-hydrogen) atoms. The van der Waals surface area contributed by atoms with Crippen LogP contribution in [0.5, 0.6) is 0 Å². The van der Waals surface area contributed by atoms with Gasteiger partial charge >= 0.3 is 0 Å². The smallest absolute Gasteiger partial charge is 0.251 e. The SMILES string of the molecule is Cc1ccc(N2C(=O)[C@H](C)[C@@H](N3CCCCC3)C2=O)cc1. The Bertz CT molecular complexity index is 546. The summed E-state index contributed by atoms with van der Waals surface area (Å²) < 4.78 is 0. The summed E-state index contributed by atoms with van der Waals surface area (Å²) in [6, 6.07) is 7.32. The lowest BCUT2D eigenvalue weighted by Gasteiger charge is -2.32. The maximum Gasteiger partial charge on any atom is 0.251 e. The number of nitrogens with zero attached hydrogens (tertiary/aromatic N) is 2. The molecule has 0 saturated carbocycles. The van der Waals surface area contributed by atoms with Crippen molar-refractivity contribution in [1.82, 2.24) is 4.90 Å². The van der Waals surface area contributed by atoms with E-state index in [-0.39, 0.29) is 23.8 Å². The molecule has 4 nitrogen and oxygen atoms in total. The second-order valence-corrected chi connectivity index (χ2v) is 6.18. The zero-order valence-corrected chi connectivity index (χ0v) is 12.7. The van der Waals surface area contributed by atoms with Crippen molar-refractivity contribution in [3.63, 3.8) is 0 Å². The van der Waals surface area contributed by atoms with Crippen LogP contribution in [0.3, 0.4) is 0 Å². The molecule has 0 aliphatic carbocycles. The standard InChI is InChI=1S/C17H22N2O2/c1-12-6-8-14(9-7-12)19-16(20)13(2)15(17(19)21)18-10-4-3-5-11-18/h6-9,13,15H,3-5,10-11H2,1-2H3/t13-,15-/m1/s1. The number of imide groups is 1. The summed E-state index contributed by atoms with van der Waals surface area (Å²) in [4.78, 5) is 28.9. The highest BCUT2D eigenvalue weighted by Gasteiger charge is 2.48. The van der Waals surface area contributed by atoms with Crippen molar-refractivity contribution in [2.45, 2.75) is 39.2 Å². The average Bonchev–Trinajstić information content (AvgIpc) is 2.72. The molecule has 0 bridgehead atoms. The van der Waals surface area contributed by atoms with Crippen LogP contribution in [0.25, 0.3) is 0 Å². The fraction of sp³-hybridized carbons (Fsp3) is 0.529. The van der Waals surface area contributed by atoms with Crippen molar-refractivity contribution in [2.75, 3.05) is 18.0 Å². The highest BCUT2D eigenvalue weighted by molar-refractivity contribution is 6.23. The molecule has 0 spiro atoms. The van der Waals surface area contributed by atoms with E-state index in [0.717, 1.165) is 31.5 Å². The quantitative estimate of drug-likeness (QED) is 0.784. The van der Waals surface area contributed by atoms with Gasteiger partial charge in [0, 0.05) is 0 Å². The fourth-order valence-electron chi connectivity index (χ4n) is 3.41. The van der Waals surface area contributed by atoms with Gasteiger partial charge in [-0.25, -0.2) is 4.90 Å². The van der Waals surface area contributed by atoms with Crippen LogP contribution in [0.2, 0.25) is 0 Å². The number of carbonyl (C=O) groups excluding carboxylic acids is 2. The molecule has 0 aromatic heterocycles. The summed E-state index contributed by atoms with van der Waals surface area (Å²) in [6.45, 7) is 5.73. The minimum absolute atomic E-state index is 0.0572. The van der Waals surface area contributed by atoms with Crippen molar-refractivity contribution in [3.05, 3.63) is 29.8 Å². The summed E-state index contributed by atoms with van der Waals surface area (Å²) in [6.07, 6.45) is 3.46. The molecule has 0 radical (unpaired) electrons. The van der Waals surface area contributed by atoms with Gasteiger partial charge in [0.05, 0.1) is 11.6 Å². The number of piperidine rings is 1. The van der Waals surface area contributed by atoms with Crippen LogP contribution in [-0.2, 0) is 9.59 Å². The van der Waals surface area contributed by atoms with Gasteiger partial charge in [-0.15, -0.1) is 0 Å². The van der Waals surface area contributed by atoms with Crippen molar-refractivity contribution in [3.8, 4) is 0 Å². The number of benzene rings is 1. The molecule has 0 unspecified atom stereocenters. The number of likely N-dealkylation sites (tertiary alicyclic amines) is 1. The van der Waals surface area contributed by atoms with Crippen molar-refractivity contribution >= 4 is 17.5 Å². The summed E-state index contributed by atoms with van der Waals surface area (Å²) in [5, 5.41) is 0. The van der Waals surface area contributed by atoms with Crippen molar-refractivity contribution < 1.29 is 9.59 Å². The number of amides is 2. The third-order valence-electron chi connectivity index (χ3n) is 4.63. The summed E-state index contributed by atoms with van der Waals surface area (Å²) in [5.41, 5.74) is 1.82. The molecular weight excluding hydrogens is 264 g/mol. The molecule has 0 N–H and O–H groups in total. The Morgan fingerprint density at radius 2 is 1.57 bits per heavy atom. The first-order chi connectivity index (χ1) is 10.1. The van der Waals surface area contributed by atoms with Gasteiger partial charge in [-0.1, -0.05) is 31.0 Å². The molecule has 3 rings (SSSR count). The molecule has 1 aromatic carbocycles. The zero-order chi connectivity index (χ0) is 15.0. The number of aryl methyl sites for hydroxylation is 1. The lowest BCUT2D eigenvalue weighted by molar-refractivity contribution is -0.123. The predicted octanol–water partition coefficient (Wildman–Crippen LogP) is 2.36. The van der Waals surface area contributed by atoms with Gasteiger partial charge in [-0.3, -0.25) is 14.5 Å². The molecule has 2 heterocycles. The zero-order valence-electron chi connectivity index (χ0n) is 12.7. The van der Waals surface area contributed by atoms with Crippen molar-refractivity contribution in [2.24, 2.45) is 5.92 Å². The minimum Gasteiger partial charge on any atom is -0.291 e. The van der Waals surface area contributed by atoms with E-state index in [9.17, 15) is 9.59 Å². The van der Waals surface area contributed by atoms with E-state index in [1.807, 2.05) is 38.1 Å². The lowest BCUT2D eigenvalue weighted by atomic mass is 10.0. The van der Waals surface area contributed by atoms with Gasteiger partial charge in [-0.2, -0.15) is 0 Å². The second-order valence-electron chi connectivity index (χ2n) is 6.18.